The Morgan fingerprint density at radius 2 is 1.55 bits per heavy atom. The summed E-state index contributed by atoms with van der Waals surface area (Å²) in [6, 6.07) is 12.6. The summed E-state index contributed by atoms with van der Waals surface area (Å²) in [7, 11) is 0. The summed E-state index contributed by atoms with van der Waals surface area (Å²) < 4.78 is 36.7. The van der Waals surface area contributed by atoms with Crippen LogP contribution >= 0.6 is 0 Å². The zero-order valence-corrected chi connectivity index (χ0v) is 22.3. The predicted octanol–water partition coefficient (Wildman–Crippen LogP) is 6.80. The molecule has 2 aliphatic rings. The van der Waals surface area contributed by atoms with Crippen molar-refractivity contribution < 1.29 is 32.9 Å². The molecule has 0 spiro atoms. The first-order chi connectivity index (χ1) is 18.2. The van der Waals surface area contributed by atoms with Gasteiger partial charge in [-0.2, -0.15) is 0 Å². The lowest BCUT2D eigenvalue weighted by molar-refractivity contribution is -0.147. The minimum atomic E-state index is -0.403. The number of unbranched alkanes of at least 4 members (excludes halogenated alkanes) is 2. The molecule has 6 nitrogen and oxygen atoms in total. The number of carbonyl (C=O) groups excluding carboxylic acids is 2. The molecule has 2 atom stereocenters. The molecule has 2 heterocycles. The van der Waals surface area contributed by atoms with Crippen molar-refractivity contribution in [2.75, 3.05) is 13.2 Å². The van der Waals surface area contributed by atoms with Crippen LogP contribution in [0.4, 0.5) is 4.39 Å². The zero-order chi connectivity index (χ0) is 27.1. The third-order valence-corrected chi connectivity index (χ3v) is 7.09. The minimum Gasteiger partial charge on any atom is -0.494 e. The van der Waals surface area contributed by atoms with E-state index in [0.29, 0.717) is 25.2 Å². The SMILES string of the molecule is C=C1CC(CCCCOc2ccc(-c3ccc(OCCCCC4CC(C)(C)C(=O)O4)cc3)cc2F)OC1=O. The van der Waals surface area contributed by atoms with Crippen LogP contribution in [-0.2, 0) is 19.1 Å². The van der Waals surface area contributed by atoms with Gasteiger partial charge < -0.3 is 18.9 Å². The van der Waals surface area contributed by atoms with Gasteiger partial charge in [0.2, 0.25) is 0 Å². The fourth-order valence-corrected chi connectivity index (χ4v) is 4.82. The fraction of sp³-hybridized carbons (Fsp3) is 0.484. The Balaban J connectivity index is 1.14. The summed E-state index contributed by atoms with van der Waals surface area (Å²) in [4.78, 5) is 23.1. The van der Waals surface area contributed by atoms with Crippen LogP contribution in [0, 0.1) is 11.2 Å². The second-order valence-corrected chi connectivity index (χ2v) is 10.8. The first-order valence-electron chi connectivity index (χ1n) is 13.5. The first-order valence-corrected chi connectivity index (χ1v) is 13.5. The molecule has 2 fully saturated rings. The molecule has 204 valence electrons. The van der Waals surface area contributed by atoms with E-state index >= 15 is 0 Å². The first kappa shape index (κ1) is 27.7. The van der Waals surface area contributed by atoms with Crippen LogP contribution in [0.2, 0.25) is 0 Å². The molecule has 0 aliphatic carbocycles. The van der Waals surface area contributed by atoms with Gasteiger partial charge in [0.05, 0.1) is 18.6 Å². The van der Waals surface area contributed by atoms with Crippen molar-refractivity contribution in [2.45, 2.75) is 77.4 Å². The smallest absolute Gasteiger partial charge is 0.333 e. The lowest BCUT2D eigenvalue weighted by Crippen LogP contribution is -2.16. The highest BCUT2D eigenvalue weighted by Gasteiger charge is 2.40. The van der Waals surface area contributed by atoms with E-state index < -0.39 is 5.82 Å². The Morgan fingerprint density at radius 1 is 0.895 bits per heavy atom. The number of benzene rings is 2. The van der Waals surface area contributed by atoms with Crippen LogP contribution in [0.3, 0.4) is 0 Å². The van der Waals surface area contributed by atoms with Crippen LogP contribution < -0.4 is 9.47 Å². The van der Waals surface area contributed by atoms with Gasteiger partial charge in [0.25, 0.3) is 0 Å². The quantitative estimate of drug-likeness (QED) is 0.163. The number of esters is 2. The highest BCUT2D eigenvalue weighted by atomic mass is 19.1. The Labute approximate surface area is 224 Å². The summed E-state index contributed by atoms with van der Waals surface area (Å²) in [5.41, 5.74) is 1.81. The van der Waals surface area contributed by atoms with E-state index in [4.69, 9.17) is 18.9 Å². The summed E-state index contributed by atoms with van der Waals surface area (Å²) in [6.45, 7) is 8.53. The van der Waals surface area contributed by atoms with Crippen molar-refractivity contribution in [1.82, 2.24) is 0 Å². The second-order valence-electron chi connectivity index (χ2n) is 10.8. The maximum atomic E-state index is 14.6. The summed E-state index contributed by atoms with van der Waals surface area (Å²) in [5.74, 6) is 0.181. The van der Waals surface area contributed by atoms with Gasteiger partial charge in [0.1, 0.15) is 18.0 Å². The van der Waals surface area contributed by atoms with E-state index in [1.54, 1.807) is 6.07 Å². The molecule has 2 unspecified atom stereocenters. The molecule has 0 saturated carbocycles. The number of carbonyl (C=O) groups is 2. The van der Waals surface area contributed by atoms with Gasteiger partial charge in [0, 0.05) is 12.0 Å². The van der Waals surface area contributed by atoms with Crippen LogP contribution in [-0.4, -0.2) is 37.4 Å². The number of hydrogen-bond donors (Lipinski definition) is 0. The zero-order valence-electron chi connectivity index (χ0n) is 22.3. The van der Waals surface area contributed by atoms with E-state index in [1.807, 2.05) is 44.2 Å². The average molecular weight is 525 g/mol. The van der Waals surface area contributed by atoms with Gasteiger partial charge in [-0.05, 0) is 94.2 Å². The molecular formula is C31H37FO6. The topological polar surface area (TPSA) is 71.1 Å². The second kappa shape index (κ2) is 12.5. The highest BCUT2D eigenvalue weighted by Crippen LogP contribution is 2.35. The van der Waals surface area contributed by atoms with Gasteiger partial charge in [-0.25, -0.2) is 9.18 Å². The molecule has 0 bridgehead atoms. The molecule has 0 N–H and O–H groups in total. The molecule has 4 rings (SSSR count). The number of halogens is 1. The van der Waals surface area contributed by atoms with Crippen LogP contribution in [0.5, 0.6) is 11.5 Å². The monoisotopic (exact) mass is 524 g/mol. The molecule has 2 aromatic rings. The van der Waals surface area contributed by atoms with E-state index in [-0.39, 0.29) is 35.3 Å². The lowest BCUT2D eigenvalue weighted by atomic mass is 9.89. The molecule has 7 heteroatoms. The highest BCUT2D eigenvalue weighted by molar-refractivity contribution is 5.89. The third kappa shape index (κ3) is 7.36. The Morgan fingerprint density at radius 3 is 2.16 bits per heavy atom. The predicted molar refractivity (Wildman–Crippen MR) is 142 cm³/mol. The Hall–Kier alpha value is -3.35. The van der Waals surface area contributed by atoms with Crippen molar-refractivity contribution in [3.05, 3.63) is 60.4 Å². The van der Waals surface area contributed by atoms with Crippen molar-refractivity contribution in [3.63, 3.8) is 0 Å². The standard InChI is InChI=1S/C31H37FO6/c1-21-18-25(37-29(21)33)8-4-7-17-36-28-15-12-23(19-27(28)32)22-10-13-24(14-11-22)35-16-6-5-9-26-20-31(2,3)30(34)38-26/h10-15,19,25-26H,1,4-9,16-18,20H2,2-3H3. The summed E-state index contributed by atoms with van der Waals surface area (Å²) in [5, 5.41) is 0. The largest absolute Gasteiger partial charge is 0.494 e. The van der Waals surface area contributed by atoms with E-state index in [2.05, 4.69) is 6.58 Å². The van der Waals surface area contributed by atoms with E-state index in [1.165, 1.54) is 6.07 Å². The molecule has 0 amide bonds. The van der Waals surface area contributed by atoms with E-state index in [0.717, 1.165) is 61.8 Å². The molecule has 0 aromatic heterocycles. The van der Waals surface area contributed by atoms with Crippen LogP contribution in [0.15, 0.2) is 54.6 Å². The van der Waals surface area contributed by atoms with Gasteiger partial charge in [0.15, 0.2) is 11.6 Å². The summed E-state index contributed by atoms with van der Waals surface area (Å²) >= 11 is 0. The maximum absolute atomic E-state index is 14.6. The van der Waals surface area contributed by atoms with Crippen molar-refractivity contribution in [2.24, 2.45) is 5.41 Å². The fourth-order valence-electron chi connectivity index (χ4n) is 4.82. The normalized spacial score (nSPS) is 20.3. The van der Waals surface area contributed by atoms with Crippen molar-refractivity contribution >= 4 is 11.9 Å². The third-order valence-electron chi connectivity index (χ3n) is 7.09. The number of ether oxygens (including phenoxy) is 4. The van der Waals surface area contributed by atoms with E-state index in [9.17, 15) is 14.0 Å². The minimum absolute atomic E-state index is 0.0138. The van der Waals surface area contributed by atoms with Crippen molar-refractivity contribution in [3.8, 4) is 22.6 Å². The van der Waals surface area contributed by atoms with Crippen LogP contribution in [0.25, 0.3) is 11.1 Å². The molecule has 38 heavy (non-hydrogen) atoms. The molecule has 2 saturated heterocycles. The molecule has 0 radical (unpaired) electrons. The summed E-state index contributed by atoms with van der Waals surface area (Å²) in [6.07, 6.45) is 6.28. The Bertz CT molecular complexity index is 1120. The maximum Gasteiger partial charge on any atom is 0.333 e. The number of cyclic esters (lactones) is 2. The Kier molecular flexibility index (Phi) is 9.08. The molecule has 2 aliphatic heterocycles. The lowest BCUT2D eigenvalue weighted by Gasteiger charge is -2.12. The van der Waals surface area contributed by atoms with Gasteiger partial charge >= 0.3 is 11.9 Å². The van der Waals surface area contributed by atoms with Crippen molar-refractivity contribution in [1.29, 1.82) is 0 Å². The van der Waals surface area contributed by atoms with Gasteiger partial charge in [-0.1, -0.05) is 24.8 Å². The number of rotatable bonds is 13. The van der Waals surface area contributed by atoms with Gasteiger partial charge in [-0.3, -0.25) is 4.79 Å². The molecular weight excluding hydrogens is 487 g/mol. The molecule has 2 aromatic carbocycles. The van der Waals surface area contributed by atoms with Gasteiger partial charge in [-0.15, -0.1) is 0 Å². The van der Waals surface area contributed by atoms with Crippen LogP contribution in [0.1, 0.15) is 65.2 Å². The number of hydrogen-bond acceptors (Lipinski definition) is 6. The average Bonchev–Trinajstić information content (AvgIpc) is 3.34.